The second-order valence-electron chi connectivity index (χ2n) is 5.21. The highest BCUT2D eigenvalue weighted by Gasteiger charge is 2.06. The first-order valence-corrected chi connectivity index (χ1v) is 7.98. The molecular formula is C18H18N2OS. The van der Waals surface area contributed by atoms with Crippen molar-refractivity contribution in [2.24, 2.45) is 0 Å². The molecule has 0 aliphatic carbocycles. The zero-order chi connectivity index (χ0) is 15.5. The summed E-state index contributed by atoms with van der Waals surface area (Å²) in [6.45, 7) is 4.19. The van der Waals surface area contributed by atoms with Gasteiger partial charge in [0.15, 0.2) is 5.13 Å². The van der Waals surface area contributed by atoms with Gasteiger partial charge in [0.1, 0.15) is 5.75 Å². The molecule has 1 N–H and O–H groups in total. The summed E-state index contributed by atoms with van der Waals surface area (Å²) in [4.78, 5) is 4.67. The first kappa shape index (κ1) is 14.6. The Kier molecular flexibility index (Phi) is 4.11. The third-order valence-corrected chi connectivity index (χ3v) is 4.28. The van der Waals surface area contributed by atoms with Gasteiger partial charge in [-0.25, -0.2) is 4.98 Å². The molecule has 0 saturated heterocycles. The standard InChI is InChI=1S/C18H18N2OS/c1-12-4-5-13(2)16(10-12)19-18-20-17(11-22-18)14-6-8-15(21-3)9-7-14/h4-11H,1-3H3,(H,19,20). The second kappa shape index (κ2) is 6.20. The van der Waals surface area contributed by atoms with E-state index in [0.717, 1.165) is 27.8 Å². The van der Waals surface area contributed by atoms with E-state index in [-0.39, 0.29) is 0 Å². The zero-order valence-corrected chi connectivity index (χ0v) is 13.7. The molecule has 0 saturated carbocycles. The number of thiazole rings is 1. The average Bonchev–Trinajstić information content (AvgIpc) is 2.99. The fraction of sp³-hybridized carbons (Fsp3) is 0.167. The van der Waals surface area contributed by atoms with E-state index in [1.54, 1.807) is 18.4 Å². The highest BCUT2D eigenvalue weighted by atomic mass is 32.1. The molecule has 2 aromatic carbocycles. The number of hydrogen-bond donors (Lipinski definition) is 1. The van der Waals surface area contributed by atoms with Crippen LogP contribution in [0.1, 0.15) is 11.1 Å². The molecular weight excluding hydrogens is 292 g/mol. The van der Waals surface area contributed by atoms with Crippen LogP contribution >= 0.6 is 11.3 Å². The van der Waals surface area contributed by atoms with E-state index in [1.165, 1.54) is 11.1 Å². The predicted octanol–water partition coefficient (Wildman–Crippen LogP) is 5.18. The molecule has 3 aromatic rings. The van der Waals surface area contributed by atoms with Crippen molar-refractivity contribution in [3.63, 3.8) is 0 Å². The van der Waals surface area contributed by atoms with Gasteiger partial charge in [-0.15, -0.1) is 11.3 Å². The van der Waals surface area contributed by atoms with Gasteiger partial charge < -0.3 is 10.1 Å². The minimum absolute atomic E-state index is 0.854. The van der Waals surface area contributed by atoms with Gasteiger partial charge in [0.05, 0.1) is 12.8 Å². The van der Waals surface area contributed by atoms with Crippen LogP contribution in [0.3, 0.4) is 0 Å². The highest BCUT2D eigenvalue weighted by molar-refractivity contribution is 7.14. The average molecular weight is 310 g/mol. The largest absolute Gasteiger partial charge is 0.497 e. The smallest absolute Gasteiger partial charge is 0.187 e. The monoisotopic (exact) mass is 310 g/mol. The maximum Gasteiger partial charge on any atom is 0.187 e. The van der Waals surface area contributed by atoms with Crippen LogP contribution < -0.4 is 10.1 Å². The minimum Gasteiger partial charge on any atom is -0.497 e. The number of benzene rings is 2. The number of anilines is 2. The molecule has 4 heteroatoms. The van der Waals surface area contributed by atoms with Gasteiger partial charge in [-0.1, -0.05) is 12.1 Å². The Hall–Kier alpha value is -2.33. The lowest BCUT2D eigenvalue weighted by Crippen LogP contribution is -1.93. The van der Waals surface area contributed by atoms with Gasteiger partial charge in [-0.3, -0.25) is 0 Å². The van der Waals surface area contributed by atoms with Crippen molar-refractivity contribution < 1.29 is 4.74 Å². The maximum atomic E-state index is 5.18. The van der Waals surface area contributed by atoms with E-state index in [2.05, 4.69) is 47.7 Å². The fourth-order valence-electron chi connectivity index (χ4n) is 2.21. The van der Waals surface area contributed by atoms with Gasteiger partial charge in [0.25, 0.3) is 0 Å². The fourth-order valence-corrected chi connectivity index (χ4v) is 2.94. The van der Waals surface area contributed by atoms with E-state index in [1.807, 2.05) is 24.3 Å². The van der Waals surface area contributed by atoms with Crippen molar-refractivity contribution >= 4 is 22.2 Å². The van der Waals surface area contributed by atoms with E-state index in [9.17, 15) is 0 Å². The maximum absolute atomic E-state index is 5.18. The summed E-state index contributed by atoms with van der Waals surface area (Å²) in [6.07, 6.45) is 0. The Balaban J connectivity index is 1.82. The third kappa shape index (κ3) is 3.12. The molecule has 0 radical (unpaired) electrons. The van der Waals surface area contributed by atoms with Crippen LogP contribution in [0.5, 0.6) is 5.75 Å². The Morgan fingerprint density at radius 2 is 1.82 bits per heavy atom. The normalized spacial score (nSPS) is 10.5. The van der Waals surface area contributed by atoms with Gasteiger partial charge in [0.2, 0.25) is 0 Å². The molecule has 0 fully saturated rings. The molecule has 3 rings (SSSR count). The molecule has 0 aliphatic heterocycles. The van der Waals surface area contributed by atoms with Gasteiger partial charge in [-0.05, 0) is 55.3 Å². The van der Waals surface area contributed by atoms with Crippen molar-refractivity contribution in [2.75, 3.05) is 12.4 Å². The Bertz CT molecular complexity index is 778. The second-order valence-corrected chi connectivity index (χ2v) is 6.07. The summed E-state index contributed by atoms with van der Waals surface area (Å²) in [7, 11) is 1.67. The van der Waals surface area contributed by atoms with Crippen LogP contribution in [0, 0.1) is 13.8 Å². The van der Waals surface area contributed by atoms with Crippen molar-refractivity contribution in [1.82, 2.24) is 4.98 Å². The predicted molar refractivity (Wildman–Crippen MR) is 93.3 cm³/mol. The van der Waals surface area contributed by atoms with Crippen molar-refractivity contribution in [3.05, 3.63) is 59.0 Å². The molecule has 22 heavy (non-hydrogen) atoms. The molecule has 0 bridgehead atoms. The van der Waals surface area contributed by atoms with E-state index >= 15 is 0 Å². The van der Waals surface area contributed by atoms with E-state index in [0.29, 0.717) is 0 Å². The van der Waals surface area contributed by atoms with Crippen molar-refractivity contribution in [1.29, 1.82) is 0 Å². The van der Waals surface area contributed by atoms with Crippen molar-refractivity contribution in [2.45, 2.75) is 13.8 Å². The van der Waals surface area contributed by atoms with Crippen LogP contribution in [0.25, 0.3) is 11.3 Å². The SMILES string of the molecule is COc1ccc(-c2csc(Nc3cc(C)ccc3C)n2)cc1. The first-order chi connectivity index (χ1) is 10.7. The van der Waals surface area contributed by atoms with Crippen molar-refractivity contribution in [3.8, 4) is 17.0 Å². The van der Waals surface area contributed by atoms with Crippen LogP contribution in [0.15, 0.2) is 47.8 Å². The number of rotatable bonds is 4. The number of nitrogens with one attached hydrogen (secondary N) is 1. The summed E-state index contributed by atoms with van der Waals surface area (Å²) >= 11 is 1.61. The van der Waals surface area contributed by atoms with Crippen LogP contribution in [0.4, 0.5) is 10.8 Å². The van der Waals surface area contributed by atoms with Crippen LogP contribution in [-0.2, 0) is 0 Å². The van der Waals surface area contributed by atoms with E-state index < -0.39 is 0 Å². The molecule has 1 aromatic heterocycles. The first-order valence-electron chi connectivity index (χ1n) is 7.10. The van der Waals surface area contributed by atoms with Gasteiger partial charge in [0, 0.05) is 16.6 Å². The lowest BCUT2D eigenvalue weighted by atomic mass is 10.1. The quantitative estimate of drug-likeness (QED) is 0.721. The topological polar surface area (TPSA) is 34.1 Å². The summed E-state index contributed by atoms with van der Waals surface area (Å²) in [5, 5.41) is 6.38. The third-order valence-electron chi connectivity index (χ3n) is 3.52. The number of methoxy groups -OCH3 is 1. The molecule has 3 nitrogen and oxygen atoms in total. The van der Waals surface area contributed by atoms with Gasteiger partial charge >= 0.3 is 0 Å². The van der Waals surface area contributed by atoms with Crippen LogP contribution in [0.2, 0.25) is 0 Å². The summed E-state index contributed by atoms with van der Waals surface area (Å²) in [6, 6.07) is 14.3. The lowest BCUT2D eigenvalue weighted by Gasteiger charge is -2.07. The summed E-state index contributed by atoms with van der Waals surface area (Å²) < 4.78 is 5.18. The molecule has 112 valence electrons. The number of aryl methyl sites for hydroxylation is 2. The Morgan fingerprint density at radius 3 is 2.55 bits per heavy atom. The number of ether oxygens (including phenoxy) is 1. The minimum atomic E-state index is 0.854. The molecule has 0 spiro atoms. The van der Waals surface area contributed by atoms with E-state index in [4.69, 9.17) is 4.74 Å². The molecule has 0 amide bonds. The molecule has 0 atom stereocenters. The Labute approximate surface area is 134 Å². The highest BCUT2D eigenvalue weighted by Crippen LogP contribution is 2.29. The molecule has 0 aliphatic rings. The number of nitrogens with zero attached hydrogens (tertiary/aromatic N) is 1. The lowest BCUT2D eigenvalue weighted by molar-refractivity contribution is 0.415. The number of hydrogen-bond acceptors (Lipinski definition) is 4. The molecule has 1 heterocycles. The summed E-state index contributed by atoms with van der Waals surface area (Å²) in [5.41, 5.74) is 5.62. The van der Waals surface area contributed by atoms with Crippen LogP contribution in [-0.4, -0.2) is 12.1 Å². The Morgan fingerprint density at radius 1 is 1.05 bits per heavy atom. The summed E-state index contributed by atoms with van der Waals surface area (Å²) in [5.74, 6) is 0.854. The number of aromatic nitrogens is 1. The molecule has 0 unspecified atom stereocenters. The zero-order valence-electron chi connectivity index (χ0n) is 12.9. The van der Waals surface area contributed by atoms with Gasteiger partial charge in [-0.2, -0.15) is 0 Å².